The van der Waals surface area contributed by atoms with E-state index in [9.17, 15) is 17.6 Å². The third kappa shape index (κ3) is 3.94. The van der Waals surface area contributed by atoms with Gasteiger partial charge < -0.3 is 4.52 Å². The van der Waals surface area contributed by atoms with E-state index in [1.807, 2.05) is 0 Å². The molecule has 148 valence electrons. The van der Waals surface area contributed by atoms with Crippen molar-refractivity contribution >= 4 is 11.6 Å². The number of hydrogen-bond acceptors (Lipinski definition) is 6. The van der Waals surface area contributed by atoms with Crippen LogP contribution in [0.4, 0.5) is 17.6 Å². The largest absolute Gasteiger partial charge is 0.471 e. The molecule has 0 radical (unpaired) electrons. The fourth-order valence-corrected chi connectivity index (χ4v) is 2.67. The molecule has 0 unspecified atom stereocenters. The first-order chi connectivity index (χ1) is 13.8. The number of halogens is 5. The average Bonchev–Trinajstić information content (AvgIpc) is 3.33. The topological polar surface area (TPSA) is 82.5 Å². The van der Waals surface area contributed by atoms with Gasteiger partial charge in [-0.05, 0) is 40.8 Å². The predicted molar refractivity (Wildman–Crippen MR) is 92.1 cm³/mol. The molecule has 0 aliphatic carbocycles. The van der Waals surface area contributed by atoms with Crippen molar-refractivity contribution in [2.75, 3.05) is 0 Å². The molecule has 2 heterocycles. The minimum atomic E-state index is -4.78. The zero-order valence-corrected chi connectivity index (χ0v) is 15.0. The first-order valence-corrected chi connectivity index (χ1v) is 8.41. The highest BCUT2D eigenvalue weighted by atomic mass is 35.5. The molecule has 12 heteroatoms. The summed E-state index contributed by atoms with van der Waals surface area (Å²) >= 11 is 5.87. The number of benzene rings is 2. The molecule has 0 aliphatic heterocycles. The van der Waals surface area contributed by atoms with Crippen LogP contribution in [0.1, 0.15) is 11.5 Å². The quantitative estimate of drug-likeness (QED) is 0.455. The second-order valence-corrected chi connectivity index (χ2v) is 6.33. The van der Waals surface area contributed by atoms with Gasteiger partial charge in [0.15, 0.2) is 5.82 Å². The Morgan fingerprint density at radius 2 is 1.76 bits per heavy atom. The third-order valence-electron chi connectivity index (χ3n) is 3.93. The molecule has 0 bridgehead atoms. The van der Waals surface area contributed by atoms with Crippen LogP contribution in [-0.4, -0.2) is 30.3 Å². The lowest BCUT2D eigenvalue weighted by Gasteiger charge is -2.07. The molecule has 0 spiro atoms. The molecule has 0 fully saturated rings. The summed E-state index contributed by atoms with van der Waals surface area (Å²) in [5.41, 5.74) is 0.943. The Morgan fingerprint density at radius 3 is 2.41 bits per heavy atom. The molecule has 0 aliphatic rings. The molecule has 0 amide bonds. The van der Waals surface area contributed by atoms with Crippen LogP contribution in [0.25, 0.3) is 22.8 Å². The summed E-state index contributed by atoms with van der Waals surface area (Å²) in [4.78, 5) is 3.24. The summed E-state index contributed by atoms with van der Waals surface area (Å²) in [6, 6.07) is 10.6. The molecule has 2 aromatic heterocycles. The van der Waals surface area contributed by atoms with Crippen LogP contribution < -0.4 is 0 Å². The van der Waals surface area contributed by atoms with E-state index >= 15 is 0 Å². The van der Waals surface area contributed by atoms with Gasteiger partial charge in [0.05, 0.1) is 6.54 Å². The first-order valence-electron chi connectivity index (χ1n) is 8.03. The smallest absolute Gasteiger partial charge is 0.329 e. The highest BCUT2D eigenvalue weighted by Crippen LogP contribution is 2.30. The Labute approximate surface area is 164 Å². The van der Waals surface area contributed by atoms with Gasteiger partial charge in [-0.25, -0.2) is 9.07 Å². The van der Waals surface area contributed by atoms with Gasteiger partial charge in [0, 0.05) is 21.7 Å². The second-order valence-electron chi connectivity index (χ2n) is 5.89. The fraction of sp³-hybridized carbons (Fsp3) is 0.118. The maximum atomic E-state index is 14.5. The van der Waals surface area contributed by atoms with E-state index in [1.165, 1.54) is 16.8 Å². The number of aromatic nitrogens is 6. The van der Waals surface area contributed by atoms with Gasteiger partial charge in [0.25, 0.3) is 0 Å². The number of hydrogen-bond donors (Lipinski definition) is 0. The predicted octanol–water partition coefficient (Wildman–Crippen LogP) is 4.25. The van der Waals surface area contributed by atoms with Gasteiger partial charge in [-0.3, -0.25) is 0 Å². The molecule has 4 rings (SSSR count). The minimum Gasteiger partial charge on any atom is -0.329 e. The van der Waals surface area contributed by atoms with Crippen LogP contribution in [0.2, 0.25) is 5.02 Å². The van der Waals surface area contributed by atoms with Crippen LogP contribution in [0.5, 0.6) is 0 Å². The zero-order chi connectivity index (χ0) is 20.6. The molecule has 4 aromatic rings. The maximum absolute atomic E-state index is 14.5. The summed E-state index contributed by atoms with van der Waals surface area (Å²) in [5, 5.41) is 15.2. The normalized spacial score (nSPS) is 11.8. The molecule has 0 atom stereocenters. The average molecular weight is 425 g/mol. The van der Waals surface area contributed by atoms with Crippen molar-refractivity contribution in [2.24, 2.45) is 0 Å². The van der Waals surface area contributed by atoms with Gasteiger partial charge in [0.2, 0.25) is 5.82 Å². The summed E-state index contributed by atoms with van der Waals surface area (Å²) in [7, 11) is 0. The molecule has 0 N–H and O–H groups in total. The summed E-state index contributed by atoms with van der Waals surface area (Å²) in [6.07, 6.45) is -4.78. The lowest BCUT2D eigenvalue weighted by atomic mass is 10.1. The highest BCUT2D eigenvalue weighted by molar-refractivity contribution is 6.30. The van der Waals surface area contributed by atoms with E-state index in [0.29, 0.717) is 16.4 Å². The van der Waals surface area contributed by atoms with Crippen LogP contribution in [0.3, 0.4) is 0 Å². The second kappa shape index (κ2) is 7.24. The SMILES string of the molecule is Fc1cc(-c2noc(C(F)(F)F)n2)ccc1Cn1nnnc1-c1ccc(Cl)cc1. The number of rotatable bonds is 4. The monoisotopic (exact) mass is 424 g/mol. The Morgan fingerprint density at radius 1 is 1.03 bits per heavy atom. The lowest BCUT2D eigenvalue weighted by molar-refractivity contribution is -0.159. The van der Waals surface area contributed by atoms with Crippen molar-refractivity contribution in [1.82, 2.24) is 30.3 Å². The third-order valence-corrected chi connectivity index (χ3v) is 4.19. The van der Waals surface area contributed by atoms with E-state index in [2.05, 4.69) is 30.2 Å². The Kier molecular flexibility index (Phi) is 4.74. The van der Waals surface area contributed by atoms with Crippen molar-refractivity contribution in [1.29, 1.82) is 0 Å². The summed E-state index contributed by atoms with van der Waals surface area (Å²) < 4.78 is 57.8. The molecule has 0 saturated carbocycles. The maximum Gasteiger partial charge on any atom is 0.471 e. The number of tetrazole rings is 1. The molecular weight excluding hydrogens is 416 g/mol. The van der Waals surface area contributed by atoms with Gasteiger partial charge >= 0.3 is 12.1 Å². The van der Waals surface area contributed by atoms with Crippen LogP contribution in [0, 0.1) is 5.82 Å². The van der Waals surface area contributed by atoms with Crippen LogP contribution >= 0.6 is 11.6 Å². The highest BCUT2D eigenvalue weighted by Gasteiger charge is 2.38. The first kappa shape index (κ1) is 19.0. The summed E-state index contributed by atoms with van der Waals surface area (Å²) in [6.45, 7) is -0.00286. The zero-order valence-electron chi connectivity index (χ0n) is 14.2. The Balaban J connectivity index is 1.59. The number of nitrogens with zero attached hydrogens (tertiary/aromatic N) is 6. The lowest BCUT2D eigenvalue weighted by Crippen LogP contribution is -2.06. The van der Waals surface area contributed by atoms with E-state index in [0.717, 1.165) is 6.07 Å². The molecule has 7 nitrogen and oxygen atoms in total. The van der Waals surface area contributed by atoms with Crippen molar-refractivity contribution in [2.45, 2.75) is 12.7 Å². The molecule has 2 aromatic carbocycles. The van der Waals surface area contributed by atoms with E-state index < -0.39 is 17.9 Å². The van der Waals surface area contributed by atoms with Crippen molar-refractivity contribution < 1.29 is 22.1 Å². The van der Waals surface area contributed by atoms with Crippen LogP contribution in [0.15, 0.2) is 47.0 Å². The van der Waals surface area contributed by atoms with Gasteiger partial charge in [0.1, 0.15) is 5.82 Å². The summed E-state index contributed by atoms with van der Waals surface area (Å²) in [5.74, 6) is -2.15. The fourth-order valence-electron chi connectivity index (χ4n) is 2.55. The van der Waals surface area contributed by atoms with Crippen molar-refractivity contribution in [3.8, 4) is 22.8 Å². The standard InChI is InChI=1S/C17H9ClF4N6O/c18-12-5-3-9(4-6-12)15-24-26-27-28(15)8-11-2-1-10(7-13(11)19)14-23-16(29-25-14)17(20,21)22/h1-7H,8H2. The van der Waals surface area contributed by atoms with Crippen LogP contribution in [-0.2, 0) is 12.7 Å². The van der Waals surface area contributed by atoms with E-state index in [-0.39, 0.29) is 23.5 Å². The van der Waals surface area contributed by atoms with Gasteiger partial charge in [-0.15, -0.1) is 5.10 Å². The van der Waals surface area contributed by atoms with E-state index in [4.69, 9.17) is 11.6 Å². The van der Waals surface area contributed by atoms with Gasteiger partial charge in [-0.1, -0.05) is 28.9 Å². The molecule has 29 heavy (non-hydrogen) atoms. The Hall–Kier alpha value is -3.34. The van der Waals surface area contributed by atoms with Gasteiger partial charge in [-0.2, -0.15) is 18.2 Å². The molecule has 0 saturated heterocycles. The number of alkyl halides is 3. The Bertz CT molecular complexity index is 1160. The molecular formula is C17H9ClF4N6O. The van der Waals surface area contributed by atoms with Crippen molar-refractivity contribution in [3.63, 3.8) is 0 Å². The van der Waals surface area contributed by atoms with Crippen molar-refractivity contribution in [3.05, 3.63) is 64.8 Å². The minimum absolute atomic E-state index is 0.00286. The van der Waals surface area contributed by atoms with E-state index in [1.54, 1.807) is 24.3 Å².